The molecule has 570 valence electrons. The number of carboxylic acid groups (broad SMARTS) is 2. The van der Waals surface area contributed by atoms with Gasteiger partial charge in [-0.25, -0.2) is 4.79 Å². The molecule has 1 aromatic carbocycles. The third kappa shape index (κ3) is 29.8. The van der Waals surface area contributed by atoms with Crippen LogP contribution in [0.5, 0.6) is 0 Å². The molecule has 101 heavy (non-hydrogen) atoms. The van der Waals surface area contributed by atoms with Crippen molar-refractivity contribution >= 4 is 35.6 Å². The summed E-state index contributed by atoms with van der Waals surface area (Å²) in [7, 11) is 0. The predicted octanol–water partition coefficient (Wildman–Crippen LogP) is 16.4. The van der Waals surface area contributed by atoms with Gasteiger partial charge in [0, 0.05) is 88.9 Å². The summed E-state index contributed by atoms with van der Waals surface area (Å²) in [6, 6.07) is 13.3. The van der Waals surface area contributed by atoms with Crippen molar-refractivity contribution in [1.82, 2.24) is 19.6 Å². The first-order valence-electron chi connectivity index (χ1n) is 41.1. The minimum Gasteiger partial charge on any atom is -0.481 e. The highest BCUT2D eigenvalue weighted by Gasteiger charge is 2.36. The number of aryl methyl sites for hydroxylation is 3. The quantitative estimate of drug-likeness (QED) is 0.0272. The zero-order chi connectivity index (χ0) is 72.1. The van der Waals surface area contributed by atoms with Gasteiger partial charge in [-0.3, -0.25) is 24.0 Å². The van der Waals surface area contributed by atoms with Crippen molar-refractivity contribution in [3.63, 3.8) is 0 Å². The number of benzene rings is 1. The summed E-state index contributed by atoms with van der Waals surface area (Å²) in [6.45, 7) is 7.15. The average molecular weight is 1410 g/mol. The van der Waals surface area contributed by atoms with Crippen molar-refractivity contribution in [3.05, 3.63) is 71.2 Å². The number of aliphatic hydroxyl groups excluding tert-OH is 4. The summed E-state index contributed by atoms with van der Waals surface area (Å²) in [5.74, 6) is 1.65. The standard InChI is InChI=1S/C23H35NO2.C21H31NO5.C20H35NO4.C20H35NO2/c1-18-10-12-19(13-11-18)6-5-9-21-14-15-23(26)24(21)17-16-22(25)20-7-3-2-4-8-20;23-18(15-5-2-1-3-6-15)13-14-22-16(9-12-20(22)24)7-4-8-17-10-11-19(27-17)21(25)26;22-18(16-8-4-3-5-9-16)14-15-21-17(12-13-19(21)23)10-6-1-2-7-11-20(24)25;1-2-3-4-5-9-12-18-13-14-20(23)21(18)16-15-19(22)17-10-7-6-8-11-17/h10-13,20-22,25H,2-9,14-17H2,1H3;10-11,15-16,18,23H,1-9,12-14H2,(H,25,26);16-18,22H,1-15H2,(H,24,25);5,9,17-19,22H,2-4,6-8,10-16H2,1H3/b;;;9-5+. The Morgan fingerprint density at radius 3 is 1.21 bits per heavy atom. The molecule has 0 radical (unpaired) electrons. The van der Waals surface area contributed by atoms with Crippen LogP contribution in [0.3, 0.4) is 0 Å². The Bertz CT molecular complexity index is 2710. The van der Waals surface area contributed by atoms with Crippen molar-refractivity contribution in [2.75, 3.05) is 26.2 Å². The molecule has 8 aliphatic rings. The van der Waals surface area contributed by atoms with E-state index in [4.69, 9.17) is 14.6 Å². The highest BCUT2D eigenvalue weighted by molar-refractivity contribution is 5.84. The van der Waals surface area contributed by atoms with E-state index in [0.717, 1.165) is 167 Å². The summed E-state index contributed by atoms with van der Waals surface area (Å²) in [6.07, 6.45) is 52.5. The monoisotopic (exact) mass is 1410 g/mol. The number of likely N-dealkylation sites (tertiary alicyclic amines) is 4. The van der Waals surface area contributed by atoms with Gasteiger partial charge in [-0.2, -0.15) is 0 Å². The second-order valence-electron chi connectivity index (χ2n) is 31.7. The van der Waals surface area contributed by atoms with E-state index in [0.29, 0.717) is 111 Å². The number of aliphatic hydroxyl groups is 4. The number of unbranched alkanes of at least 4 members (excludes halogenated alkanes) is 5. The number of rotatable bonds is 37. The highest BCUT2D eigenvalue weighted by Crippen LogP contribution is 2.35. The number of aliphatic carboxylic acids is 1. The fraction of sp³-hybridized carbons (Fsp3) is 0.786. The lowest BCUT2D eigenvalue weighted by Crippen LogP contribution is -2.36. The van der Waals surface area contributed by atoms with E-state index >= 15 is 0 Å². The van der Waals surface area contributed by atoms with Crippen molar-refractivity contribution in [1.29, 1.82) is 0 Å². The van der Waals surface area contributed by atoms with Crippen LogP contribution in [0.25, 0.3) is 0 Å². The molecule has 1 aromatic heterocycles. The lowest BCUT2D eigenvalue weighted by Gasteiger charge is -2.30. The van der Waals surface area contributed by atoms with E-state index in [1.54, 1.807) is 6.07 Å². The van der Waals surface area contributed by atoms with E-state index in [9.17, 15) is 49.2 Å². The predicted molar refractivity (Wildman–Crippen MR) is 399 cm³/mol. The second kappa shape index (κ2) is 46.7. The minimum atomic E-state index is -1.05. The normalized spacial score (nSPS) is 23.2. The number of amides is 4. The third-order valence-corrected chi connectivity index (χ3v) is 24.2. The molecular weight excluding hydrogens is 1270 g/mol. The number of hydrogen-bond donors (Lipinski definition) is 6. The van der Waals surface area contributed by atoms with Crippen LogP contribution < -0.4 is 0 Å². The molecule has 4 amide bonds. The molecule has 4 aliphatic carbocycles. The highest BCUT2D eigenvalue weighted by atomic mass is 16.4. The second-order valence-corrected chi connectivity index (χ2v) is 31.7. The van der Waals surface area contributed by atoms with Gasteiger partial charge in [0.2, 0.25) is 29.4 Å². The molecule has 5 heterocycles. The maximum atomic E-state index is 12.3. The van der Waals surface area contributed by atoms with Gasteiger partial charge in [0.05, 0.1) is 24.4 Å². The van der Waals surface area contributed by atoms with E-state index in [1.807, 2.05) is 14.7 Å². The van der Waals surface area contributed by atoms with Crippen LogP contribution in [-0.4, -0.2) is 161 Å². The molecule has 8 atom stereocenters. The van der Waals surface area contributed by atoms with Crippen LogP contribution in [-0.2, 0) is 36.8 Å². The first-order valence-corrected chi connectivity index (χ1v) is 41.1. The largest absolute Gasteiger partial charge is 0.481 e. The van der Waals surface area contributed by atoms with Gasteiger partial charge in [-0.05, 0) is 209 Å². The third-order valence-electron chi connectivity index (χ3n) is 24.2. The van der Waals surface area contributed by atoms with Crippen molar-refractivity contribution in [2.45, 2.75) is 371 Å². The molecule has 10 rings (SSSR count). The molecule has 17 nitrogen and oxygen atoms in total. The SMILES string of the molecule is CCCC/C=C/CC1CCC(=O)N1CCC(O)C1CCCCC1.Cc1ccc(CCCC2CCC(=O)N2CCC(O)C2CCCCC2)cc1.O=C(O)CCCCCCC1CCC(=O)N1CCC(O)C1CCCCC1.O=C(O)c1ccc(CCCC2CCC(=O)N2CCC(O)C2CCCCC2)o1. The Labute approximate surface area is 607 Å². The molecule has 0 bridgehead atoms. The van der Waals surface area contributed by atoms with E-state index in [2.05, 4.69) is 55.2 Å². The first kappa shape index (κ1) is 83.2. The fourth-order valence-corrected chi connectivity index (χ4v) is 17.8. The van der Waals surface area contributed by atoms with E-state index < -0.39 is 11.9 Å². The number of allylic oxidation sites excluding steroid dienone is 1. The summed E-state index contributed by atoms with van der Waals surface area (Å²) in [5, 5.41) is 59.4. The Morgan fingerprint density at radius 2 is 0.822 bits per heavy atom. The zero-order valence-corrected chi connectivity index (χ0v) is 62.6. The molecule has 4 aliphatic heterocycles. The van der Waals surface area contributed by atoms with Crippen molar-refractivity contribution in [3.8, 4) is 0 Å². The minimum absolute atomic E-state index is 0.0284. The average Bonchev–Trinajstić information content (AvgIpc) is 1.77. The van der Waals surface area contributed by atoms with Gasteiger partial charge in [0.15, 0.2) is 0 Å². The zero-order valence-electron chi connectivity index (χ0n) is 62.6. The number of furan rings is 1. The van der Waals surface area contributed by atoms with Crippen LogP contribution >= 0.6 is 0 Å². The lowest BCUT2D eigenvalue weighted by molar-refractivity contribution is -0.137. The maximum absolute atomic E-state index is 12.3. The maximum Gasteiger partial charge on any atom is 0.371 e. The van der Waals surface area contributed by atoms with Crippen LogP contribution in [0.4, 0.5) is 0 Å². The van der Waals surface area contributed by atoms with Crippen LogP contribution in [0.15, 0.2) is 53.0 Å². The molecular formula is C84H136N4O13. The van der Waals surface area contributed by atoms with Gasteiger partial charge in [0.25, 0.3) is 0 Å². The lowest BCUT2D eigenvalue weighted by atomic mass is 9.84. The fourth-order valence-electron chi connectivity index (χ4n) is 17.8. The summed E-state index contributed by atoms with van der Waals surface area (Å²) < 4.78 is 5.29. The number of carbonyl (C=O) groups is 6. The van der Waals surface area contributed by atoms with Crippen LogP contribution in [0.1, 0.15) is 330 Å². The molecule has 8 fully saturated rings. The Balaban J connectivity index is 0.000000189. The molecule has 2 aromatic rings. The summed E-state index contributed by atoms with van der Waals surface area (Å²) >= 11 is 0. The van der Waals surface area contributed by atoms with Gasteiger partial charge in [-0.15, -0.1) is 0 Å². The number of carbonyl (C=O) groups excluding carboxylic acids is 4. The molecule has 6 N–H and O–H groups in total. The first-order chi connectivity index (χ1) is 49.0. The number of carboxylic acids is 2. The van der Waals surface area contributed by atoms with Gasteiger partial charge in [0.1, 0.15) is 5.76 Å². The topological polar surface area (TPSA) is 250 Å². The van der Waals surface area contributed by atoms with Gasteiger partial charge >= 0.3 is 11.9 Å². The van der Waals surface area contributed by atoms with Crippen LogP contribution in [0.2, 0.25) is 0 Å². The molecule has 4 saturated carbocycles. The van der Waals surface area contributed by atoms with Crippen molar-refractivity contribution in [2.24, 2.45) is 23.7 Å². The molecule has 8 unspecified atom stereocenters. The summed E-state index contributed by atoms with van der Waals surface area (Å²) in [4.78, 5) is 78.2. The smallest absolute Gasteiger partial charge is 0.371 e. The Morgan fingerprint density at radius 1 is 0.446 bits per heavy atom. The molecule has 17 heteroatoms. The Hall–Kier alpha value is -5.10. The number of hydrogen-bond acceptors (Lipinski definition) is 11. The van der Waals surface area contributed by atoms with E-state index in [-0.39, 0.29) is 60.4 Å². The van der Waals surface area contributed by atoms with Crippen LogP contribution in [0, 0.1) is 30.6 Å². The number of aromatic carboxylic acids is 1. The molecule has 4 saturated heterocycles. The van der Waals surface area contributed by atoms with Crippen molar-refractivity contribution < 1.29 is 63.8 Å². The van der Waals surface area contributed by atoms with E-state index in [1.165, 1.54) is 120 Å². The molecule has 0 spiro atoms. The Kier molecular flexibility index (Phi) is 38.4. The summed E-state index contributed by atoms with van der Waals surface area (Å²) in [5.41, 5.74) is 2.69. The van der Waals surface area contributed by atoms with Gasteiger partial charge in [-0.1, -0.05) is 158 Å². The van der Waals surface area contributed by atoms with Gasteiger partial charge < -0.3 is 54.7 Å². The number of nitrogens with zero attached hydrogens (tertiary/aromatic N) is 4.